The first-order valence-electron chi connectivity index (χ1n) is 6.34. The molecule has 1 rings (SSSR count). The summed E-state index contributed by atoms with van der Waals surface area (Å²) in [6.45, 7) is 1.73. The average Bonchev–Trinajstić information content (AvgIpc) is 2.39. The van der Waals surface area contributed by atoms with Crippen LogP contribution in [-0.2, 0) is 14.4 Å². The van der Waals surface area contributed by atoms with Crippen LogP contribution in [0.5, 0.6) is 0 Å². The minimum atomic E-state index is -1.04. The summed E-state index contributed by atoms with van der Waals surface area (Å²) in [5, 5.41) is 8.71. The van der Waals surface area contributed by atoms with Gasteiger partial charge < -0.3 is 10.8 Å². The molecule has 5 heteroatoms. The van der Waals surface area contributed by atoms with E-state index in [1.807, 2.05) is 6.08 Å². The van der Waals surface area contributed by atoms with Crippen molar-refractivity contribution in [2.75, 3.05) is 0 Å². The molecule has 0 aromatic rings. The van der Waals surface area contributed by atoms with Gasteiger partial charge in [0.15, 0.2) is 0 Å². The molecule has 2 atom stereocenters. The summed E-state index contributed by atoms with van der Waals surface area (Å²) < 4.78 is 0. The Bertz CT molecular complexity index is 437. The van der Waals surface area contributed by atoms with E-state index in [2.05, 4.69) is 0 Å². The van der Waals surface area contributed by atoms with Crippen molar-refractivity contribution in [3.8, 4) is 0 Å². The third-order valence-corrected chi connectivity index (χ3v) is 3.13. The van der Waals surface area contributed by atoms with E-state index < -0.39 is 12.0 Å². The van der Waals surface area contributed by atoms with Crippen LogP contribution in [0.3, 0.4) is 0 Å². The Morgan fingerprint density at radius 2 is 2.16 bits per heavy atom. The lowest BCUT2D eigenvalue weighted by Gasteiger charge is -2.16. The number of nitrogens with two attached hydrogens (primary N) is 1. The fourth-order valence-electron chi connectivity index (χ4n) is 1.85. The fraction of sp³-hybridized carbons (Fsp3) is 0.500. The van der Waals surface area contributed by atoms with E-state index in [0.29, 0.717) is 12.8 Å². The number of rotatable bonds is 7. The van der Waals surface area contributed by atoms with E-state index in [9.17, 15) is 14.4 Å². The number of Topliss-reactive ketones (excluding diaryl/α,β-unsaturated/α-hetero) is 2. The van der Waals surface area contributed by atoms with E-state index in [-0.39, 0.29) is 30.3 Å². The molecule has 0 saturated heterocycles. The predicted molar refractivity (Wildman–Crippen MR) is 70.5 cm³/mol. The quantitative estimate of drug-likeness (QED) is 0.675. The van der Waals surface area contributed by atoms with Gasteiger partial charge in [-0.15, -0.1) is 0 Å². The van der Waals surface area contributed by atoms with Gasteiger partial charge in [0.2, 0.25) is 0 Å². The molecule has 0 aliphatic heterocycles. The summed E-state index contributed by atoms with van der Waals surface area (Å²) in [6, 6.07) is -0.926. The van der Waals surface area contributed by atoms with Crippen molar-refractivity contribution in [2.24, 2.45) is 11.7 Å². The topological polar surface area (TPSA) is 97.5 Å². The molecule has 0 aromatic heterocycles. The number of aliphatic carboxylic acids is 1. The number of hydrogen-bond acceptors (Lipinski definition) is 4. The smallest absolute Gasteiger partial charge is 0.320 e. The third kappa shape index (κ3) is 4.79. The number of allylic oxidation sites excluding steroid dienone is 3. The molecule has 1 aliphatic rings. The van der Waals surface area contributed by atoms with Crippen molar-refractivity contribution in [3.63, 3.8) is 0 Å². The van der Waals surface area contributed by atoms with Gasteiger partial charge in [-0.3, -0.25) is 14.4 Å². The lowest BCUT2D eigenvalue weighted by molar-refractivity contribution is -0.138. The van der Waals surface area contributed by atoms with Crippen molar-refractivity contribution >= 4 is 17.5 Å². The van der Waals surface area contributed by atoms with Crippen LogP contribution in [0, 0.1) is 5.92 Å². The summed E-state index contributed by atoms with van der Waals surface area (Å²) in [5.41, 5.74) is 6.26. The molecular formula is C14H19NO4. The van der Waals surface area contributed by atoms with Gasteiger partial charge >= 0.3 is 5.97 Å². The molecule has 104 valence electrons. The van der Waals surface area contributed by atoms with Gasteiger partial charge in [-0.1, -0.05) is 30.7 Å². The molecular weight excluding hydrogens is 246 g/mol. The Balaban J connectivity index is 2.50. The average molecular weight is 265 g/mol. The van der Waals surface area contributed by atoms with E-state index in [4.69, 9.17) is 10.8 Å². The number of hydrogen-bond donors (Lipinski definition) is 2. The zero-order valence-corrected chi connectivity index (χ0v) is 11.0. The first-order chi connectivity index (χ1) is 8.93. The molecule has 0 fully saturated rings. The number of carbonyl (C=O) groups is 3. The van der Waals surface area contributed by atoms with Crippen LogP contribution >= 0.6 is 0 Å². The fourth-order valence-corrected chi connectivity index (χ4v) is 1.85. The number of carbonyl (C=O) groups excluding carboxylic acids is 2. The van der Waals surface area contributed by atoms with Crippen LogP contribution in [0.4, 0.5) is 0 Å². The lowest BCUT2D eigenvalue weighted by Crippen LogP contribution is -2.30. The van der Waals surface area contributed by atoms with E-state index in [0.717, 1.165) is 5.57 Å². The summed E-state index contributed by atoms with van der Waals surface area (Å²) in [5.74, 6) is -1.46. The van der Waals surface area contributed by atoms with Gasteiger partial charge in [-0.05, 0) is 12.8 Å². The van der Waals surface area contributed by atoms with Gasteiger partial charge in [0.05, 0.1) is 6.42 Å². The highest BCUT2D eigenvalue weighted by atomic mass is 16.4. The second-order valence-electron chi connectivity index (χ2n) is 4.66. The Morgan fingerprint density at radius 1 is 1.47 bits per heavy atom. The molecule has 1 aliphatic carbocycles. The zero-order chi connectivity index (χ0) is 14.4. The SMILES string of the molecule is CCC(=O)CC(=O)C1C=CC(CC(N)C(=O)O)=CC1. The molecule has 0 radical (unpaired) electrons. The minimum absolute atomic E-state index is 0.0245. The normalized spacial score (nSPS) is 19.7. The summed E-state index contributed by atoms with van der Waals surface area (Å²) in [4.78, 5) is 33.6. The molecule has 0 bridgehead atoms. The van der Waals surface area contributed by atoms with Crippen LogP contribution in [-0.4, -0.2) is 28.7 Å². The van der Waals surface area contributed by atoms with E-state index in [1.54, 1.807) is 19.1 Å². The predicted octanol–water partition coefficient (Wildman–Crippen LogP) is 1.23. The van der Waals surface area contributed by atoms with Crippen LogP contribution in [0.1, 0.15) is 32.6 Å². The summed E-state index contributed by atoms with van der Waals surface area (Å²) >= 11 is 0. The molecule has 5 nitrogen and oxygen atoms in total. The van der Waals surface area contributed by atoms with Gasteiger partial charge in [0, 0.05) is 12.3 Å². The van der Waals surface area contributed by atoms with Crippen LogP contribution in [0.15, 0.2) is 23.8 Å². The zero-order valence-electron chi connectivity index (χ0n) is 11.0. The molecule has 0 saturated carbocycles. The maximum atomic E-state index is 11.8. The standard InChI is InChI=1S/C14H19NO4/c1-2-11(16)8-13(17)10-5-3-9(4-6-10)7-12(15)14(18)19/h3-5,10,12H,2,6-8,15H2,1H3,(H,18,19). The van der Waals surface area contributed by atoms with Crippen molar-refractivity contribution in [3.05, 3.63) is 23.8 Å². The Kier molecular flexibility index (Phi) is 5.63. The molecule has 3 N–H and O–H groups in total. The van der Waals surface area contributed by atoms with E-state index in [1.165, 1.54) is 0 Å². The number of carboxylic acid groups (broad SMARTS) is 1. The molecule has 19 heavy (non-hydrogen) atoms. The Morgan fingerprint density at radius 3 is 2.63 bits per heavy atom. The van der Waals surface area contributed by atoms with E-state index >= 15 is 0 Å². The highest BCUT2D eigenvalue weighted by Gasteiger charge is 2.20. The van der Waals surface area contributed by atoms with Gasteiger partial charge in [-0.2, -0.15) is 0 Å². The first-order valence-corrected chi connectivity index (χ1v) is 6.34. The second kappa shape index (κ2) is 6.99. The Labute approximate surface area is 112 Å². The lowest BCUT2D eigenvalue weighted by atomic mass is 9.89. The molecule has 0 amide bonds. The summed E-state index contributed by atoms with van der Waals surface area (Å²) in [6.07, 6.45) is 6.39. The maximum absolute atomic E-state index is 11.8. The monoisotopic (exact) mass is 265 g/mol. The van der Waals surface area contributed by atoms with Gasteiger partial charge in [-0.25, -0.2) is 0 Å². The largest absolute Gasteiger partial charge is 0.480 e. The molecule has 0 spiro atoms. The van der Waals surface area contributed by atoms with Crippen LogP contribution in [0.25, 0.3) is 0 Å². The van der Waals surface area contributed by atoms with Gasteiger partial charge in [0.25, 0.3) is 0 Å². The molecule has 0 heterocycles. The van der Waals surface area contributed by atoms with Crippen molar-refractivity contribution in [2.45, 2.75) is 38.6 Å². The molecule has 2 unspecified atom stereocenters. The number of carboxylic acids is 1. The maximum Gasteiger partial charge on any atom is 0.320 e. The Hall–Kier alpha value is -1.75. The second-order valence-corrected chi connectivity index (χ2v) is 4.66. The highest BCUT2D eigenvalue weighted by molar-refractivity contribution is 6.00. The highest BCUT2D eigenvalue weighted by Crippen LogP contribution is 2.21. The van der Waals surface area contributed by atoms with Crippen molar-refractivity contribution < 1.29 is 19.5 Å². The summed E-state index contributed by atoms with van der Waals surface area (Å²) in [7, 11) is 0. The molecule has 0 aromatic carbocycles. The van der Waals surface area contributed by atoms with Crippen LogP contribution < -0.4 is 5.73 Å². The first kappa shape index (κ1) is 15.3. The van der Waals surface area contributed by atoms with Gasteiger partial charge in [0.1, 0.15) is 17.6 Å². The van der Waals surface area contributed by atoms with Crippen LogP contribution in [0.2, 0.25) is 0 Å². The van der Waals surface area contributed by atoms with Crippen molar-refractivity contribution in [1.29, 1.82) is 0 Å². The number of ketones is 2. The minimum Gasteiger partial charge on any atom is -0.480 e. The third-order valence-electron chi connectivity index (χ3n) is 3.13. The van der Waals surface area contributed by atoms with Crippen molar-refractivity contribution in [1.82, 2.24) is 0 Å².